The van der Waals surface area contributed by atoms with Crippen LogP contribution >= 0.6 is 0 Å². The Bertz CT molecular complexity index is 1590. The third-order valence-electron chi connectivity index (χ3n) is 6.01. The molecular weight excluding hydrogens is 474 g/mol. The van der Waals surface area contributed by atoms with Crippen LogP contribution in [-0.4, -0.2) is 38.7 Å². The largest absolute Gasteiger partial charge is 0.493 e. The maximum Gasteiger partial charge on any atom is 0.342 e. The van der Waals surface area contributed by atoms with Gasteiger partial charge in [0.2, 0.25) is 0 Å². The van der Waals surface area contributed by atoms with Crippen molar-refractivity contribution < 1.29 is 23.9 Å². The van der Waals surface area contributed by atoms with Gasteiger partial charge in [-0.15, -0.1) is 0 Å². The van der Waals surface area contributed by atoms with E-state index < -0.39 is 5.97 Å². The highest BCUT2D eigenvalue weighted by atomic mass is 16.5. The molecule has 0 fully saturated rings. The van der Waals surface area contributed by atoms with E-state index in [2.05, 4.69) is 4.98 Å². The molecule has 3 heterocycles. The van der Waals surface area contributed by atoms with Crippen molar-refractivity contribution >= 4 is 23.4 Å². The molecule has 2 aromatic carbocycles. The number of fused-ring (bicyclic) bond motifs is 2. The number of nitrogens with zero attached hydrogens (tertiary/aromatic N) is 3. The minimum atomic E-state index is -0.682. The summed E-state index contributed by atoms with van der Waals surface area (Å²) in [5, 5.41) is 0. The Balaban J connectivity index is 1.37. The average Bonchev–Trinajstić information content (AvgIpc) is 3.13. The number of aryl methyl sites for hydroxylation is 1. The van der Waals surface area contributed by atoms with Gasteiger partial charge in [-0.2, -0.15) is 0 Å². The van der Waals surface area contributed by atoms with Gasteiger partial charge in [-0.25, -0.2) is 9.78 Å². The van der Waals surface area contributed by atoms with Crippen LogP contribution in [0, 0.1) is 6.92 Å². The number of carbonyl (C=O) groups is 3. The Morgan fingerprint density at radius 1 is 0.946 bits per heavy atom. The summed E-state index contributed by atoms with van der Waals surface area (Å²) in [6, 6.07) is 16.4. The summed E-state index contributed by atoms with van der Waals surface area (Å²) in [5.74, 6) is -1.15. The number of carbonyl (C=O) groups excluding carboxylic acids is 3. The van der Waals surface area contributed by atoms with Gasteiger partial charge in [0.1, 0.15) is 23.6 Å². The van der Waals surface area contributed by atoms with Crippen LogP contribution in [0.15, 0.2) is 71.7 Å². The summed E-state index contributed by atoms with van der Waals surface area (Å²) < 4.78 is 12.5. The summed E-state index contributed by atoms with van der Waals surface area (Å²) in [4.78, 5) is 56.5. The van der Waals surface area contributed by atoms with E-state index in [4.69, 9.17) is 9.47 Å². The maximum atomic E-state index is 13.1. The van der Waals surface area contributed by atoms with Crippen LogP contribution < -0.4 is 10.3 Å². The lowest BCUT2D eigenvalue weighted by Crippen LogP contribution is -2.29. The number of ether oxygens (including phenoxy) is 2. The number of esters is 1. The molecule has 0 radical (unpaired) electrons. The summed E-state index contributed by atoms with van der Waals surface area (Å²) in [7, 11) is 0. The highest BCUT2D eigenvalue weighted by Crippen LogP contribution is 2.27. The minimum Gasteiger partial charge on any atom is -0.493 e. The molecule has 37 heavy (non-hydrogen) atoms. The second kappa shape index (κ2) is 9.69. The van der Waals surface area contributed by atoms with Gasteiger partial charge in [0.05, 0.1) is 30.0 Å². The predicted octanol–water partition coefficient (Wildman–Crippen LogP) is 3.55. The van der Waals surface area contributed by atoms with Gasteiger partial charge in [0.25, 0.3) is 17.4 Å². The zero-order valence-electron chi connectivity index (χ0n) is 20.3. The lowest BCUT2D eigenvalue weighted by Gasteiger charge is -2.16. The average molecular weight is 498 g/mol. The van der Waals surface area contributed by atoms with Crippen molar-refractivity contribution in [2.75, 3.05) is 6.61 Å². The van der Waals surface area contributed by atoms with E-state index in [0.717, 1.165) is 10.5 Å². The van der Waals surface area contributed by atoms with E-state index in [1.54, 1.807) is 67.7 Å². The summed E-state index contributed by atoms with van der Waals surface area (Å²) in [6.07, 6.45) is 1.64. The molecule has 0 aliphatic carbocycles. The number of hydrogen-bond donors (Lipinski definition) is 0. The molecule has 0 atom stereocenters. The van der Waals surface area contributed by atoms with Gasteiger partial charge >= 0.3 is 5.97 Å². The molecule has 0 unspecified atom stereocenters. The zero-order valence-corrected chi connectivity index (χ0v) is 20.3. The van der Waals surface area contributed by atoms with E-state index in [1.807, 2.05) is 6.92 Å². The Hall–Kier alpha value is -4.79. The molecule has 0 bridgehead atoms. The Morgan fingerprint density at radius 3 is 2.38 bits per heavy atom. The first kappa shape index (κ1) is 23.9. The second-order valence-electron chi connectivity index (χ2n) is 8.60. The third-order valence-corrected chi connectivity index (χ3v) is 6.01. The fraction of sp³-hybridized carbons (Fsp3) is 0.179. The van der Waals surface area contributed by atoms with Crippen molar-refractivity contribution in [1.82, 2.24) is 14.3 Å². The van der Waals surface area contributed by atoms with Crippen LogP contribution in [0.25, 0.3) is 5.65 Å². The first-order chi connectivity index (χ1) is 17.9. The molecule has 1 aliphatic heterocycles. The molecule has 2 amide bonds. The number of hydrogen-bond acceptors (Lipinski definition) is 7. The van der Waals surface area contributed by atoms with Gasteiger partial charge in [-0.05, 0) is 61.4 Å². The van der Waals surface area contributed by atoms with Crippen LogP contribution in [0.1, 0.15) is 54.8 Å². The lowest BCUT2D eigenvalue weighted by molar-refractivity contribution is 0.0463. The first-order valence-corrected chi connectivity index (χ1v) is 11.7. The maximum absolute atomic E-state index is 13.1. The van der Waals surface area contributed by atoms with E-state index >= 15 is 0 Å². The molecule has 186 valence electrons. The van der Waals surface area contributed by atoms with Gasteiger partial charge in [0, 0.05) is 12.3 Å². The molecule has 9 nitrogen and oxygen atoms in total. The molecule has 0 saturated carbocycles. The molecule has 0 spiro atoms. The van der Waals surface area contributed by atoms with Crippen molar-refractivity contribution in [2.45, 2.75) is 27.0 Å². The molecule has 2 aromatic heterocycles. The number of aromatic nitrogens is 2. The van der Waals surface area contributed by atoms with Crippen LogP contribution in [0.4, 0.5) is 0 Å². The predicted molar refractivity (Wildman–Crippen MR) is 134 cm³/mol. The monoisotopic (exact) mass is 497 g/mol. The van der Waals surface area contributed by atoms with E-state index in [9.17, 15) is 19.2 Å². The van der Waals surface area contributed by atoms with E-state index in [0.29, 0.717) is 40.4 Å². The number of benzene rings is 2. The van der Waals surface area contributed by atoms with E-state index in [-0.39, 0.29) is 36.1 Å². The summed E-state index contributed by atoms with van der Waals surface area (Å²) in [5.41, 5.74) is 2.83. The lowest BCUT2D eigenvalue weighted by atomic mass is 10.1. The van der Waals surface area contributed by atoms with Gasteiger partial charge in [0.15, 0.2) is 0 Å². The minimum absolute atomic E-state index is 0.0125. The van der Waals surface area contributed by atoms with Gasteiger partial charge < -0.3 is 9.47 Å². The molecule has 9 heteroatoms. The Kier molecular flexibility index (Phi) is 6.27. The zero-order chi connectivity index (χ0) is 26.1. The van der Waals surface area contributed by atoms with Crippen molar-refractivity contribution in [1.29, 1.82) is 0 Å². The Morgan fingerprint density at radius 2 is 1.68 bits per heavy atom. The number of pyridine rings is 1. The standard InChI is InChI=1S/C28H23N3O6/c1-3-36-23-9-8-18(15-31-26(33)20-6-4-5-7-21(20)27(31)34)13-22(23)28(35)37-16-19-14-25(32)30-11-10-17(2)12-24(30)29-19/h4-14H,3,15-16H2,1-2H3. The van der Waals surface area contributed by atoms with Crippen molar-refractivity contribution in [3.05, 3.63) is 111 Å². The van der Waals surface area contributed by atoms with Crippen molar-refractivity contribution in [2.24, 2.45) is 0 Å². The van der Waals surface area contributed by atoms with Crippen LogP contribution in [0.5, 0.6) is 5.75 Å². The number of amides is 2. The molecule has 0 N–H and O–H groups in total. The van der Waals surface area contributed by atoms with Crippen molar-refractivity contribution in [3.8, 4) is 5.75 Å². The molecule has 1 aliphatic rings. The molecular formula is C28H23N3O6. The van der Waals surface area contributed by atoms with Gasteiger partial charge in [-0.1, -0.05) is 18.2 Å². The smallest absolute Gasteiger partial charge is 0.342 e. The normalized spacial score (nSPS) is 12.6. The summed E-state index contributed by atoms with van der Waals surface area (Å²) in [6.45, 7) is 3.77. The van der Waals surface area contributed by atoms with Crippen LogP contribution in [0.2, 0.25) is 0 Å². The number of rotatable bonds is 7. The van der Waals surface area contributed by atoms with Gasteiger partial charge in [-0.3, -0.25) is 23.7 Å². The fourth-order valence-corrected chi connectivity index (χ4v) is 4.23. The number of imide groups is 1. The fourth-order valence-electron chi connectivity index (χ4n) is 4.23. The van der Waals surface area contributed by atoms with Crippen molar-refractivity contribution in [3.63, 3.8) is 0 Å². The summed E-state index contributed by atoms with van der Waals surface area (Å²) >= 11 is 0. The highest BCUT2D eigenvalue weighted by molar-refractivity contribution is 6.21. The molecule has 0 saturated heterocycles. The van der Waals surface area contributed by atoms with Crippen LogP contribution in [0.3, 0.4) is 0 Å². The highest BCUT2D eigenvalue weighted by Gasteiger charge is 2.35. The van der Waals surface area contributed by atoms with Crippen LogP contribution in [-0.2, 0) is 17.9 Å². The SMILES string of the molecule is CCOc1ccc(CN2C(=O)c3ccccc3C2=O)cc1C(=O)OCc1cc(=O)n2ccc(C)cc2n1. The molecule has 4 aromatic rings. The quantitative estimate of drug-likeness (QED) is 0.284. The second-order valence-corrected chi connectivity index (χ2v) is 8.60. The molecule has 5 rings (SSSR count). The first-order valence-electron chi connectivity index (χ1n) is 11.7. The topological polar surface area (TPSA) is 107 Å². The van der Waals surface area contributed by atoms with E-state index in [1.165, 1.54) is 10.5 Å². The third kappa shape index (κ3) is 4.58. The Labute approximate surface area is 211 Å².